The van der Waals surface area contributed by atoms with Gasteiger partial charge in [-0.1, -0.05) is 0 Å². The lowest BCUT2D eigenvalue weighted by atomic mass is 9.51. The fourth-order valence-corrected chi connectivity index (χ4v) is 6.89. The predicted molar refractivity (Wildman–Crippen MR) is 93.7 cm³/mol. The highest BCUT2D eigenvalue weighted by atomic mass is 127. The van der Waals surface area contributed by atoms with E-state index in [4.69, 9.17) is 0 Å². The number of aliphatic hydroxyl groups is 1. The van der Waals surface area contributed by atoms with Crippen LogP contribution in [0.15, 0.2) is 0 Å². The number of carbonyl (C=O) groups is 1. The third-order valence-electron chi connectivity index (χ3n) is 6.43. The summed E-state index contributed by atoms with van der Waals surface area (Å²) in [5.41, 5.74) is -0.567. The van der Waals surface area contributed by atoms with Gasteiger partial charge in [0.25, 0.3) is 0 Å². The second kappa shape index (κ2) is 5.30. The van der Waals surface area contributed by atoms with Gasteiger partial charge in [-0.05, 0) is 85.8 Å². The average Bonchev–Trinajstić information content (AvgIpc) is 2.85. The van der Waals surface area contributed by atoms with Crippen LogP contribution in [0.4, 0.5) is 0 Å². The van der Waals surface area contributed by atoms with Gasteiger partial charge in [-0.15, -0.1) is 0 Å². The Hall–Kier alpha value is -0.390. The minimum Gasteiger partial charge on any atom is -0.390 e. The lowest BCUT2D eigenvalue weighted by Crippen LogP contribution is -2.65. The molecule has 4 bridgehead atoms. The molecule has 0 spiro atoms. The second-order valence-electron chi connectivity index (χ2n) is 8.34. The molecular formula is C17H24IN3O2. The summed E-state index contributed by atoms with van der Waals surface area (Å²) in [6.45, 7) is 0.973. The third-order valence-corrected chi connectivity index (χ3v) is 7.80. The van der Waals surface area contributed by atoms with Crippen LogP contribution in [0.5, 0.6) is 0 Å². The van der Waals surface area contributed by atoms with Crippen LogP contribution in [-0.4, -0.2) is 43.7 Å². The Morgan fingerprint density at radius 2 is 2.04 bits per heavy atom. The Balaban J connectivity index is 1.43. The van der Waals surface area contributed by atoms with Crippen LogP contribution in [0.1, 0.15) is 51.4 Å². The number of hydrogen-bond acceptors (Lipinski definition) is 4. The van der Waals surface area contributed by atoms with Crippen molar-refractivity contribution in [2.24, 2.45) is 11.8 Å². The lowest BCUT2D eigenvalue weighted by molar-refractivity contribution is -0.147. The van der Waals surface area contributed by atoms with Crippen LogP contribution in [0.25, 0.3) is 0 Å². The molecule has 5 fully saturated rings. The van der Waals surface area contributed by atoms with Crippen molar-refractivity contribution in [3.8, 4) is 6.07 Å². The van der Waals surface area contributed by atoms with Gasteiger partial charge in [0.1, 0.15) is 6.07 Å². The SMILES string of the molecule is N#CC1(I)CCCN1C(=O)CNC12C[C@@H]3C[C@H](CC(O)(C3)C1)C2. The Morgan fingerprint density at radius 1 is 1.35 bits per heavy atom. The van der Waals surface area contributed by atoms with Crippen LogP contribution in [0.2, 0.25) is 0 Å². The molecule has 126 valence electrons. The molecule has 1 heterocycles. The molecule has 3 atom stereocenters. The van der Waals surface area contributed by atoms with Crippen LogP contribution in [-0.2, 0) is 4.79 Å². The van der Waals surface area contributed by atoms with Gasteiger partial charge in [0.15, 0.2) is 3.55 Å². The summed E-state index contributed by atoms with van der Waals surface area (Å²) in [5, 5.41) is 23.7. The quantitative estimate of drug-likeness (QED) is 0.409. The summed E-state index contributed by atoms with van der Waals surface area (Å²) in [7, 11) is 0. The van der Waals surface area contributed by atoms with E-state index in [0.29, 0.717) is 24.9 Å². The molecule has 5 aliphatic rings. The number of likely N-dealkylation sites (tertiary alicyclic amines) is 1. The molecule has 1 amide bonds. The zero-order valence-corrected chi connectivity index (χ0v) is 15.5. The molecule has 23 heavy (non-hydrogen) atoms. The maximum Gasteiger partial charge on any atom is 0.238 e. The Labute approximate surface area is 150 Å². The number of rotatable bonds is 3. The standard InChI is InChI=1S/C17H24IN3O2/c18-17(11-19)2-1-3-21(17)14(22)9-20-15-5-12-4-13(6-15)8-16(23,7-12)10-15/h12-13,20,23H,1-10H2/t12-,13-,15?,16?,17?/m0/s1. The summed E-state index contributed by atoms with van der Waals surface area (Å²) in [6, 6.07) is 2.30. The molecule has 5 rings (SSSR count). The highest BCUT2D eigenvalue weighted by Crippen LogP contribution is 2.57. The van der Waals surface area contributed by atoms with Gasteiger partial charge in [0, 0.05) is 12.1 Å². The first-order chi connectivity index (χ1) is 10.9. The highest BCUT2D eigenvalue weighted by molar-refractivity contribution is 14.1. The molecule has 0 aromatic rings. The fraction of sp³-hybridized carbons (Fsp3) is 0.882. The van der Waals surface area contributed by atoms with E-state index in [1.807, 2.05) is 0 Å². The Bertz CT molecular complexity index is 561. The summed E-state index contributed by atoms with van der Waals surface area (Å²) in [4.78, 5) is 14.4. The van der Waals surface area contributed by atoms with Gasteiger partial charge in [-0.2, -0.15) is 5.26 Å². The topological polar surface area (TPSA) is 76.4 Å². The largest absolute Gasteiger partial charge is 0.390 e. The van der Waals surface area contributed by atoms with Crippen molar-refractivity contribution in [3.63, 3.8) is 0 Å². The summed E-state index contributed by atoms with van der Waals surface area (Å²) in [6.07, 6.45) is 7.75. The molecule has 0 radical (unpaired) electrons. The van der Waals surface area contributed by atoms with Crippen molar-refractivity contribution in [1.29, 1.82) is 5.26 Å². The number of amides is 1. The van der Waals surface area contributed by atoms with Crippen molar-refractivity contribution in [3.05, 3.63) is 0 Å². The van der Waals surface area contributed by atoms with Gasteiger partial charge in [0.05, 0.1) is 12.1 Å². The number of nitrogens with one attached hydrogen (secondary N) is 1. The normalized spacial score (nSPS) is 47.8. The van der Waals surface area contributed by atoms with Crippen LogP contribution < -0.4 is 5.32 Å². The maximum absolute atomic E-state index is 12.6. The Morgan fingerprint density at radius 3 is 2.65 bits per heavy atom. The van der Waals surface area contributed by atoms with E-state index < -0.39 is 9.15 Å². The fourth-order valence-electron chi connectivity index (χ4n) is 6.00. The summed E-state index contributed by atoms with van der Waals surface area (Å²) >= 11 is 2.12. The van der Waals surface area contributed by atoms with Crippen molar-refractivity contribution < 1.29 is 9.90 Å². The summed E-state index contributed by atoms with van der Waals surface area (Å²) in [5.74, 6) is 1.25. The Kier molecular flexibility index (Phi) is 3.71. The molecule has 2 N–H and O–H groups in total. The van der Waals surface area contributed by atoms with Gasteiger partial charge in [-0.3, -0.25) is 4.79 Å². The van der Waals surface area contributed by atoms with E-state index >= 15 is 0 Å². The zero-order valence-electron chi connectivity index (χ0n) is 13.4. The number of nitrogens with zero attached hydrogens (tertiary/aromatic N) is 2. The molecular weight excluding hydrogens is 405 g/mol. The number of carbonyl (C=O) groups excluding carboxylic acids is 1. The first kappa shape index (κ1) is 16.1. The minimum atomic E-state index is -0.670. The first-order valence-electron chi connectivity index (χ1n) is 8.74. The van der Waals surface area contributed by atoms with Crippen molar-refractivity contribution >= 4 is 28.5 Å². The van der Waals surface area contributed by atoms with Crippen molar-refractivity contribution in [2.75, 3.05) is 13.1 Å². The lowest BCUT2D eigenvalue weighted by Gasteiger charge is -2.60. The second-order valence-corrected chi connectivity index (χ2v) is 10.1. The van der Waals surface area contributed by atoms with E-state index in [2.05, 4.69) is 34.0 Å². The maximum atomic E-state index is 12.6. The van der Waals surface area contributed by atoms with Crippen molar-refractivity contribution in [1.82, 2.24) is 10.2 Å². The molecule has 6 heteroatoms. The van der Waals surface area contributed by atoms with E-state index in [1.54, 1.807) is 4.90 Å². The number of nitriles is 1. The van der Waals surface area contributed by atoms with Crippen molar-refractivity contribution in [2.45, 2.75) is 66.1 Å². The third kappa shape index (κ3) is 2.69. The van der Waals surface area contributed by atoms with Gasteiger partial charge >= 0.3 is 0 Å². The van der Waals surface area contributed by atoms with E-state index in [-0.39, 0.29) is 11.4 Å². The van der Waals surface area contributed by atoms with Gasteiger partial charge in [-0.25, -0.2) is 0 Å². The molecule has 4 saturated carbocycles. The van der Waals surface area contributed by atoms with Crippen LogP contribution in [0.3, 0.4) is 0 Å². The van der Waals surface area contributed by atoms with Crippen LogP contribution in [0, 0.1) is 23.2 Å². The summed E-state index contributed by atoms with van der Waals surface area (Å²) < 4.78 is -0.670. The van der Waals surface area contributed by atoms with Gasteiger partial charge < -0.3 is 15.3 Å². The van der Waals surface area contributed by atoms with Gasteiger partial charge in [0.2, 0.25) is 5.91 Å². The number of hydrogen-bond donors (Lipinski definition) is 2. The minimum absolute atomic E-state index is 0.0289. The molecule has 1 saturated heterocycles. The van der Waals surface area contributed by atoms with Crippen LogP contribution >= 0.6 is 22.6 Å². The predicted octanol–water partition coefficient (Wildman–Crippen LogP) is 1.94. The molecule has 4 aliphatic carbocycles. The monoisotopic (exact) mass is 429 g/mol. The number of alkyl halides is 1. The molecule has 5 nitrogen and oxygen atoms in total. The van der Waals surface area contributed by atoms with E-state index in [9.17, 15) is 15.2 Å². The smallest absolute Gasteiger partial charge is 0.238 e. The highest BCUT2D eigenvalue weighted by Gasteiger charge is 2.57. The van der Waals surface area contributed by atoms with E-state index in [1.165, 1.54) is 6.42 Å². The first-order valence-corrected chi connectivity index (χ1v) is 9.81. The number of halogens is 1. The molecule has 1 unspecified atom stereocenters. The molecule has 0 aromatic carbocycles. The van der Waals surface area contributed by atoms with E-state index in [0.717, 1.165) is 44.9 Å². The molecule has 0 aromatic heterocycles. The average molecular weight is 429 g/mol. The molecule has 1 aliphatic heterocycles. The zero-order chi connectivity index (χ0) is 16.3.